The number of carbonyl (C=O) groups excluding carboxylic acids is 1. The molecule has 1 N–H and O–H groups in total. The van der Waals surface area contributed by atoms with E-state index in [4.69, 9.17) is 9.47 Å². The number of hydrogen-bond acceptors (Lipinski definition) is 6. The van der Waals surface area contributed by atoms with Crippen molar-refractivity contribution in [3.05, 3.63) is 29.1 Å². The van der Waals surface area contributed by atoms with Crippen LogP contribution in [-0.4, -0.2) is 42.4 Å². The van der Waals surface area contributed by atoms with Crippen molar-refractivity contribution >= 4 is 17.4 Å². The van der Waals surface area contributed by atoms with Gasteiger partial charge < -0.3 is 14.8 Å². The average molecular weight is 307 g/mol. The fourth-order valence-corrected chi connectivity index (χ4v) is 2.45. The first-order chi connectivity index (χ1) is 10.2. The third kappa shape index (κ3) is 3.77. The van der Waals surface area contributed by atoms with Gasteiger partial charge in [-0.1, -0.05) is 4.49 Å². The Morgan fingerprint density at radius 1 is 1.33 bits per heavy atom. The number of amides is 1. The molecular weight excluding hydrogens is 290 g/mol. The number of ether oxygens (including phenoxy) is 2. The lowest BCUT2D eigenvalue weighted by Crippen LogP contribution is -2.35. The average Bonchev–Trinajstić information content (AvgIpc) is 2.97. The first kappa shape index (κ1) is 15.4. The Morgan fingerprint density at radius 3 is 2.67 bits per heavy atom. The van der Waals surface area contributed by atoms with Crippen molar-refractivity contribution in [2.45, 2.75) is 13.0 Å². The Kier molecular flexibility index (Phi) is 5.24. The summed E-state index contributed by atoms with van der Waals surface area (Å²) in [5, 5.41) is 6.91. The van der Waals surface area contributed by atoms with E-state index in [0.29, 0.717) is 17.2 Å². The molecule has 112 valence electrons. The zero-order valence-corrected chi connectivity index (χ0v) is 12.9. The number of benzene rings is 1. The summed E-state index contributed by atoms with van der Waals surface area (Å²) in [6, 6.07) is 7.28. The summed E-state index contributed by atoms with van der Waals surface area (Å²) in [4.78, 5) is 12.7. The highest BCUT2D eigenvalue weighted by atomic mass is 32.1. The van der Waals surface area contributed by atoms with E-state index in [2.05, 4.69) is 14.9 Å². The van der Waals surface area contributed by atoms with Crippen LogP contribution in [0, 0.1) is 0 Å². The van der Waals surface area contributed by atoms with Gasteiger partial charge in [-0.15, -0.1) is 5.10 Å². The summed E-state index contributed by atoms with van der Waals surface area (Å²) < 4.78 is 14.0. The van der Waals surface area contributed by atoms with Gasteiger partial charge in [-0.2, -0.15) is 0 Å². The monoisotopic (exact) mass is 307 g/mol. The smallest absolute Gasteiger partial charge is 0.265 e. The molecule has 1 aromatic carbocycles. The number of methoxy groups -OCH3 is 2. The van der Waals surface area contributed by atoms with Crippen LogP contribution in [0.15, 0.2) is 24.3 Å². The van der Waals surface area contributed by atoms with E-state index < -0.39 is 0 Å². The predicted octanol–water partition coefficient (Wildman–Crippen LogP) is 1.98. The summed E-state index contributed by atoms with van der Waals surface area (Å²) in [5.74, 6) is 0.557. The van der Waals surface area contributed by atoms with E-state index in [-0.39, 0.29) is 11.9 Å². The first-order valence-electron chi connectivity index (χ1n) is 6.42. The van der Waals surface area contributed by atoms with Gasteiger partial charge >= 0.3 is 0 Å². The quantitative estimate of drug-likeness (QED) is 0.883. The van der Waals surface area contributed by atoms with E-state index in [1.165, 1.54) is 0 Å². The van der Waals surface area contributed by atoms with Crippen LogP contribution in [0.2, 0.25) is 0 Å². The molecule has 6 nitrogen and oxygen atoms in total. The molecule has 1 aromatic heterocycles. The Balaban J connectivity index is 2.19. The Hall–Kier alpha value is -1.99. The number of nitrogens with zero attached hydrogens (tertiary/aromatic N) is 2. The molecule has 0 aliphatic heterocycles. The lowest BCUT2D eigenvalue weighted by atomic mass is 10.1. The first-order valence-corrected chi connectivity index (χ1v) is 7.19. The maximum absolute atomic E-state index is 12.2. The molecule has 1 heterocycles. The molecule has 1 atom stereocenters. The van der Waals surface area contributed by atoms with Gasteiger partial charge in [-0.3, -0.25) is 4.79 Å². The second-order valence-electron chi connectivity index (χ2n) is 4.51. The minimum Gasteiger partial charge on any atom is -0.497 e. The van der Waals surface area contributed by atoms with E-state index in [0.717, 1.165) is 22.8 Å². The SMILES string of the molecule is COC[C@H](C)NC(=O)c1snnc1-c1ccc(OC)cc1. The van der Waals surface area contributed by atoms with Gasteiger partial charge in [0.1, 0.15) is 16.3 Å². The van der Waals surface area contributed by atoms with Crippen LogP contribution in [-0.2, 0) is 4.74 Å². The normalized spacial score (nSPS) is 12.0. The molecule has 2 aromatic rings. The lowest BCUT2D eigenvalue weighted by Gasteiger charge is -2.12. The third-order valence-corrected chi connectivity index (χ3v) is 3.58. The van der Waals surface area contributed by atoms with Crippen LogP contribution in [0.4, 0.5) is 0 Å². The van der Waals surface area contributed by atoms with Crippen LogP contribution >= 0.6 is 11.5 Å². The van der Waals surface area contributed by atoms with Crippen LogP contribution < -0.4 is 10.1 Å². The Bertz CT molecular complexity index is 598. The van der Waals surface area contributed by atoms with Crippen molar-refractivity contribution in [3.8, 4) is 17.0 Å². The Morgan fingerprint density at radius 2 is 2.05 bits per heavy atom. The molecule has 0 saturated carbocycles. The number of hydrogen-bond donors (Lipinski definition) is 1. The topological polar surface area (TPSA) is 73.3 Å². The van der Waals surface area contributed by atoms with Gasteiger partial charge in [0.2, 0.25) is 0 Å². The largest absolute Gasteiger partial charge is 0.497 e. The van der Waals surface area contributed by atoms with E-state index >= 15 is 0 Å². The van der Waals surface area contributed by atoms with Crippen molar-refractivity contribution in [2.24, 2.45) is 0 Å². The van der Waals surface area contributed by atoms with E-state index in [1.54, 1.807) is 14.2 Å². The molecular formula is C14H17N3O3S. The molecule has 0 aliphatic rings. The second kappa shape index (κ2) is 7.14. The second-order valence-corrected chi connectivity index (χ2v) is 5.26. The molecule has 2 rings (SSSR count). The van der Waals surface area contributed by atoms with Crippen LogP contribution in [0.25, 0.3) is 11.3 Å². The highest BCUT2D eigenvalue weighted by Gasteiger charge is 2.19. The van der Waals surface area contributed by atoms with E-state index in [1.807, 2.05) is 31.2 Å². The number of carbonyl (C=O) groups is 1. The summed E-state index contributed by atoms with van der Waals surface area (Å²) >= 11 is 1.08. The molecule has 0 radical (unpaired) electrons. The van der Waals surface area contributed by atoms with Crippen molar-refractivity contribution in [3.63, 3.8) is 0 Å². The standard InChI is InChI=1S/C14H17N3O3S/c1-9(8-19-2)15-14(18)13-12(16-17-21-13)10-4-6-11(20-3)7-5-10/h4-7,9H,8H2,1-3H3,(H,15,18)/t9-/m0/s1. The van der Waals surface area contributed by atoms with Crippen molar-refractivity contribution < 1.29 is 14.3 Å². The summed E-state index contributed by atoms with van der Waals surface area (Å²) in [6.45, 7) is 2.33. The molecule has 0 saturated heterocycles. The highest BCUT2D eigenvalue weighted by molar-refractivity contribution is 7.08. The van der Waals surface area contributed by atoms with Gasteiger partial charge in [-0.25, -0.2) is 0 Å². The molecule has 0 unspecified atom stereocenters. The maximum Gasteiger partial charge on any atom is 0.265 e. The number of aromatic nitrogens is 2. The van der Waals surface area contributed by atoms with Crippen molar-refractivity contribution in [2.75, 3.05) is 20.8 Å². The summed E-state index contributed by atoms with van der Waals surface area (Å²) in [5.41, 5.74) is 1.40. The van der Waals surface area contributed by atoms with Gasteiger partial charge in [0.05, 0.1) is 13.7 Å². The molecule has 0 fully saturated rings. The molecule has 21 heavy (non-hydrogen) atoms. The fourth-order valence-electron chi connectivity index (χ4n) is 1.86. The van der Waals surface area contributed by atoms with Gasteiger partial charge in [0, 0.05) is 18.7 Å². The molecule has 7 heteroatoms. The minimum atomic E-state index is -0.194. The molecule has 0 spiro atoms. The minimum absolute atomic E-state index is 0.0756. The predicted molar refractivity (Wildman–Crippen MR) is 80.7 cm³/mol. The van der Waals surface area contributed by atoms with Gasteiger partial charge in [-0.05, 0) is 42.7 Å². The summed E-state index contributed by atoms with van der Waals surface area (Å²) in [6.07, 6.45) is 0. The van der Waals surface area contributed by atoms with Crippen LogP contribution in [0.1, 0.15) is 16.6 Å². The number of rotatable bonds is 6. The molecule has 1 amide bonds. The third-order valence-electron chi connectivity index (χ3n) is 2.85. The Labute approximate surface area is 127 Å². The molecule has 0 bridgehead atoms. The van der Waals surface area contributed by atoms with Gasteiger partial charge in [0.25, 0.3) is 5.91 Å². The van der Waals surface area contributed by atoms with Crippen molar-refractivity contribution in [1.82, 2.24) is 14.9 Å². The van der Waals surface area contributed by atoms with Crippen molar-refractivity contribution in [1.29, 1.82) is 0 Å². The lowest BCUT2D eigenvalue weighted by molar-refractivity contribution is 0.0910. The highest BCUT2D eigenvalue weighted by Crippen LogP contribution is 2.25. The zero-order valence-electron chi connectivity index (χ0n) is 12.1. The maximum atomic E-state index is 12.2. The zero-order chi connectivity index (χ0) is 15.2. The van der Waals surface area contributed by atoms with Crippen LogP contribution in [0.3, 0.4) is 0 Å². The summed E-state index contributed by atoms with van der Waals surface area (Å²) in [7, 11) is 3.20. The number of nitrogens with one attached hydrogen (secondary N) is 1. The van der Waals surface area contributed by atoms with Gasteiger partial charge in [0.15, 0.2) is 0 Å². The molecule has 0 aliphatic carbocycles. The van der Waals surface area contributed by atoms with Crippen LogP contribution in [0.5, 0.6) is 5.75 Å². The fraction of sp³-hybridized carbons (Fsp3) is 0.357. The van der Waals surface area contributed by atoms with E-state index in [9.17, 15) is 4.79 Å².